The van der Waals surface area contributed by atoms with Gasteiger partial charge in [-0.25, -0.2) is 0 Å². The predicted octanol–water partition coefficient (Wildman–Crippen LogP) is 3.11. The molecule has 4 nitrogen and oxygen atoms in total. The van der Waals surface area contributed by atoms with E-state index in [-0.39, 0.29) is 6.04 Å². The second-order valence-electron chi connectivity index (χ2n) is 4.48. The Hall–Kier alpha value is -1.71. The molecule has 2 rings (SSSR count). The number of nitrogens with one attached hydrogen (secondary N) is 1. The van der Waals surface area contributed by atoms with Crippen LogP contribution in [0, 0.1) is 20.8 Å². The van der Waals surface area contributed by atoms with Crippen molar-refractivity contribution in [1.82, 2.24) is 9.78 Å². The molecule has 0 fully saturated rings. The van der Waals surface area contributed by atoms with Gasteiger partial charge in [-0.1, -0.05) is 0 Å². The summed E-state index contributed by atoms with van der Waals surface area (Å²) in [7, 11) is 1.95. The first-order valence-corrected chi connectivity index (χ1v) is 5.82. The molecule has 17 heavy (non-hydrogen) atoms. The van der Waals surface area contributed by atoms with Gasteiger partial charge >= 0.3 is 0 Å². The summed E-state index contributed by atoms with van der Waals surface area (Å²) in [5.74, 6) is 1.89. The van der Waals surface area contributed by atoms with Gasteiger partial charge in [0.1, 0.15) is 11.5 Å². The highest BCUT2D eigenvalue weighted by molar-refractivity contribution is 5.53. The Labute approximate surface area is 102 Å². The number of anilines is 1. The minimum absolute atomic E-state index is 0.144. The van der Waals surface area contributed by atoms with E-state index in [0.717, 1.165) is 28.6 Å². The first-order valence-electron chi connectivity index (χ1n) is 5.82. The quantitative estimate of drug-likeness (QED) is 0.885. The molecule has 0 aliphatic rings. The Morgan fingerprint density at radius 3 is 2.47 bits per heavy atom. The molecule has 2 aromatic rings. The Bertz CT molecular complexity index is 525. The van der Waals surface area contributed by atoms with E-state index in [9.17, 15) is 0 Å². The van der Waals surface area contributed by atoms with E-state index in [2.05, 4.69) is 24.3 Å². The van der Waals surface area contributed by atoms with Gasteiger partial charge < -0.3 is 9.73 Å². The van der Waals surface area contributed by atoms with E-state index in [1.807, 2.05) is 37.7 Å². The summed E-state index contributed by atoms with van der Waals surface area (Å²) in [6.45, 7) is 8.11. The van der Waals surface area contributed by atoms with Crippen LogP contribution in [0.15, 0.2) is 16.5 Å². The van der Waals surface area contributed by atoms with Crippen molar-refractivity contribution < 1.29 is 4.42 Å². The van der Waals surface area contributed by atoms with Crippen molar-refractivity contribution in [2.45, 2.75) is 33.7 Å². The molecule has 1 N–H and O–H groups in total. The van der Waals surface area contributed by atoms with Gasteiger partial charge in [-0.3, -0.25) is 4.68 Å². The zero-order valence-corrected chi connectivity index (χ0v) is 11.0. The normalized spacial score (nSPS) is 12.8. The molecular formula is C13H19N3O. The first kappa shape index (κ1) is 11.8. The summed E-state index contributed by atoms with van der Waals surface area (Å²) in [4.78, 5) is 0. The molecule has 1 unspecified atom stereocenters. The molecule has 0 amide bonds. The lowest BCUT2D eigenvalue weighted by Crippen LogP contribution is -2.07. The van der Waals surface area contributed by atoms with Gasteiger partial charge in [-0.2, -0.15) is 5.10 Å². The molecule has 2 aromatic heterocycles. The van der Waals surface area contributed by atoms with E-state index < -0.39 is 0 Å². The molecular weight excluding hydrogens is 214 g/mol. The molecule has 2 heterocycles. The van der Waals surface area contributed by atoms with Crippen molar-refractivity contribution in [2.75, 3.05) is 5.32 Å². The Kier molecular flexibility index (Phi) is 2.96. The maximum absolute atomic E-state index is 5.61. The molecule has 0 saturated carbocycles. The Morgan fingerprint density at radius 2 is 2.00 bits per heavy atom. The lowest BCUT2D eigenvalue weighted by molar-refractivity contribution is 0.467. The van der Waals surface area contributed by atoms with Gasteiger partial charge in [-0.05, 0) is 39.8 Å². The zero-order chi connectivity index (χ0) is 12.6. The monoisotopic (exact) mass is 233 g/mol. The Balaban J connectivity index is 2.21. The van der Waals surface area contributed by atoms with Gasteiger partial charge in [-0.15, -0.1) is 0 Å². The number of nitrogens with zero attached hydrogens (tertiary/aromatic N) is 2. The molecule has 0 aromatic carbocycles. The minimum atomic E-state index is 0.144. The molecule has 0 radical (unpaired) electrons. The molecule has 1 atom stereocenters. The largest absolute Gasteiger partial charge is 0.464 e. The molecule has 92 valence electrons. The van der Waals surface area contributed by atoms with Crippen molar-refractivity contribution in [3.63, 3.8) is 0 Å². The lowest BCUT2D eigenvalue weighted by Gasteiger charge is -2.13. The highest BCUT2D eigenvalue weighted by Gasteiger charge is 2.14. The van der Waals surface area contributed by atoms with E-state index in [1.165, 1.54) is 0 Å². The zero-order valence-electron chi connectivity index (χ0n) is 11.0. The fourth-order valence-electron chi connectivity index (χ4n) is 1.96. The van der Waals surface area contributed by atoms with Crippen molar-refractivity contribution in [2.24, 2.45) is 7.05 Å². The number of aryl methyl sites for hydroxylation is 3. The SMILES string of the molecule is Cc1ccc(C(C)Nc2c(C)nn(C)c2C)o1. The second kappa shape index (κ2) is 4.28. The van der Waals surface area contributed by atoms with Gasteiger partial charge in [0.05, 0.1) is 23.1 Å². The number of aromatic nitrogens is 2. The lowest BCUT2D eigenvalue weighted by atomic mass is 10.2. The second-order valence-corrected chi connectivity index (χ2v) is 4.48. The number of hydrogen-bond donors (Lipinski definition) is 1. The third-order valence-electron chi connectivity index (χ3n) is 3.06. The maximum atomic E-state index is 5.61. The van der Waals surface area contributed by atoms with Crippen molar-refractivity contribution in [3.05, 3.63) is 35.0 Å². The van der Waals surface area contributed by atoms with Crippen LogP contribution in [-0.4, -0.2) is 9.78 Å². The van der Waals surface area contributed by atoms with Crippen LogP contribution in [0.2, 0.25) is 0 Å². The van der Waals surface area contributed by atoms with Crippen LogP contribution in [0.3, 0.4) is 0 Å². The number of hydrogen-bond acceptors (Lipinski definition) is 3. The van der Waals surface area contributed by atoms with Gasteiger partial charge in [0.2, 0.25) is 0 Å². The van der Waals surface area contributed by atoms with E-state index in [0.29, 0.717) is 0 Å². The summed E-state index contributed by atoms with van der Waals surface area (Å²) in [5, 5.41) is 7.84. The van der Waals surface area contributed by atoms with Crippen LogP contribution in [0.4, 0.5) is 5.69 Å². The van der Waals surface area contributed by atoms with Gasteiger partial charge in [0.15, 0.2) is 0 Å². The number of rotatable bonds is 3. The van der Waals surface area contributed by atoms with Crippen LogP contribution in [0.5, 0.6) is 0 Å². The molecule has 4 heteroatoms. The van der Waals surface area contributed by atoms with Gasteiger partial charge in [0, 0.05) is 7.05 Å². The third kappa shape index (κ3) is 2.20. The summed E-state index contributed by atoms with van der Waals surface area (Å²) >= 11 is 0. The molecule has 0 bridgehead atoms. The summed E-state index contributed by atoms with van der Waals surface area (Å²) in [5.41, 5.74) is 3.24. The van der Waals surface area contributed by atoms with Crippen LogP contribution in [-0.2, 0) is 7.05 Å². The van der Waals surface area contributed by atoms with Crippen molar-refractivity contribution in [3.8, 4) is 0 Å². The van der Waals surface area contributed by atoms with Crippen LogP contribution in [0.25, 0.3) is 0 Å². The summed E-state index contributed by atoms with van der Waals surface area (Å²) in [6.07, 6.45) is 0. The van der Waals surface area contributed by atoms with Crippen LogP contribution >= 0.6 is 0 Å². The van der Waals surface area contributed by atoms with Crippen LogP contribution < -0.4 is 5.32 Å². The molecule has 0 aliphatic carbocycles. The topological polar surface area (TPSA) is 43.0 Å². The van der Waals surface area contributed by atoms with Crippen molar-refractivity contribution >= 4 is 5.69 Å². The third-order valence-corrected chi connectivity index (χ3v) is 3.06. The van der Waals surface area contributed by atoms with E-state index >= 15 is 0 Å². The minimum Gasteiger partial charge on any atom is -0.464 e. The predicted molar refractivity (Wildman–Crippen MR) is 68.2 cm³/mol. The average Bonchev–Trinajstić information content (AvgIpc) is 2.79. The summed E-state index contributed by atoms with van der Waals surface area (Å²) < 4.78 is 7.50. The smallest absolute Gasteiger partial charge is 0.126 e. The highest BCUT2D eigenvalue weighted by Crippen LogP contribution is 2.25. The Morgan fingerprint density at radius 1 is 1.29 bits per heavy atom. The molecule has 0 saturated heterocycles. The highest BCUT2D eigenvalue weighted by atomic mass is 16.3. The van der Waals surface area contributed by atoms with Crippen LogP contribution in [0.1, 0.15) is 35.9 Å². The fourth-order valence-corrected chi connectivity index (χ4v) is 1.96. The van der Waals surface area contributed by atoms with Crippen molar-refractivity contribution in [1.29, 1.82) is 0 Å². The number of furan rings is 1. The van der Waals surface area contributed by atoms with E-state index in [1.54, 1.807) is 0 Å². The first-order chi connectivity index (χ1) is 7.99. The fraction of sp³-hybridized carbons (Fsp3) is 0.462. The van der Waals surface area contributed by atoms with E-state index in [4.69, 9.17) is 4.42 Å². The summed E-state index contributed by atoms with van der Waals surface area (Å²) in [6, 6.07) is 4.13. The standard InChI is InChI=1S/C13H19N3O/c1-8-6-7-12(17-8)9(2)14-13-10(3)15-16(5)11(13)4/h6-7,9,14H,1-5H3. The molecule has 0 aliphatic heterocycles. The average molecular weight is 233 g/mol. The maximum Gasteiger partial charge on any atom is 0.126 e. The van der Waals surface area contributed by atoms with Gasteiger partial charge in [0.25, 0.3) is 0 Å². The molecule has 0 spiro atoms.